The summed E-state index contributed by atoms with van der Waals surface area (Å²) in [6.45, 7) is 3.92. The molecule has 1 aromatic heterocycles. The molecule has 0 aromatic carbocycles. The fourth-order valence-corrected chi connectivity index (χ4v) is 1.48. The lowest BCUT2D eigenvalue weighted by atomic mass is 10.2. The number of hydrogen-bond acceptors (Lipinski definition) is 3. The Bertz CT molecular complexity index is 293. The molecule has 1 N–H and O–H groups in total. The van der Waals surface area contributed by atoms with Gasteiger partial charge in [-0.2, -0.15) is 0 Å². The summed E-state index contributed by atoms with van der Waals surface area (Å²) < 4.78 is 5.80. The number of nitrogens with zero attached hydrogens (tertiary/aromatic N) is 1. The molecule has 0 spiro atoms. The van der Waals surface area contributed by atoms with E-state index in [1.807, 2.05) is 12.3 Å². The van der Waals surface area contributed by atoms with Gasteiger partial charge in [0.1, 0.15) is 11.9 Å². The molecule has 1 atom stereocenters. The molecule has 14 heavy (non-hydrogen) atoms. The maximum atomic E-state index is 5.80. The number of nitrogens with one attached hydrogen (secondary N) is 1. The van der Waals surface area contributed by atoms with Crippen LogP contribution in [0.15, 0.2) is 18.5 Å². The summed E-state index contributed by atoms with van der Waals surface area (Å²) in [5, 5.41) is 3.34. The molecule has 1 aromatic rings. The summed E-state index contributed by atoms with van der Waals surface area (Å²) in [6, 6.07) is 1.94. The van der Waals surface area contributed by atoms with Gasteiger partial charge in [0.05, 0.1) is 0 Å². The largest absolute Gasteiger partial charge is 0.489 e. The Morgan fingerprint density at radius 3 is 3.29 bits per heavy atom. The number of halogens is 1. The zero-order chi connectivity index (χ0) is 9.10. The van der Waals surface area contributed by atoms with Gasteiger partial charge in [-0.1, -0.05) is 6.92 Å². The Labute approximate surface area is 90.3 Å². The van der Waals surface area contributed by atoms with Gasteiger partial charge in [0.15, 0.2) is 0 Å². The first-order valence-corrected chi connectivity index (χ1v) is 4.70. The fourth-order valence-electron chi connectivity index (χ4n) is 1.48. The van der Waals surface area contributed by atoms with Crippen molar-refractivity contribution in [2.75, 3.05) is 6.54 Å². The molecule has 4 heteroatoms. The van der Waals surface area contributed by atoms with E-state index in [0.717, 1.165) is 30.8 Å². The quantitative estimate of drug-likeness (QED) is 0.774. The third-order valence-corrected chi connectivity index (χ3v) is 2.30. The summed E-state index contributed by atoms with van der Waals surface area (Å²) in [6.07, 6.45) is 4.97. The second kappa shape index (κ2) is 5.17. The predicted octanol–water partition coefficient (Wildman–Crippen LogP) is 1.76. The standard InChI is InChI=1S/C10H14N2O.ClH/c1-2-9-7-12-6-8-5-11-4-3-10(8)13-9;/h3-5,9,12H,2,6-7H2,1H3;1H/t9-;/m1./s1. The fraction of sp³-hybridized carbons (Fsp3) is 0.500. The third-order valence-electron chi connectivity index (χ3n) is 2.30. The van der Waals surface area contributed by atoms with Crippen molar-refractivity contribution in [3.05, 3.63) is 24.0 Å². The molecule has 3 nitrogen and oxygen atoms in total. The summed E-state index contributed by atoms with van der Waals surface area (Å²) in [4.78, 5) is 4.07. The van der Waals surface area contributed by atoms with Crippen molar-refractivity contribution in [2.24, 2.45) is 0 Å². The van der Waals surface area contributed by atoms with E-state index in [4.69, 9.17) is 4.74 Å². The Morgan fingerprint density at radius 2 is 2.50 bits per heavy atom. The number of aromatic nitrogens is 1. The number of rotatable bonds is 1. The third kappa shape index (κ3) is 2.36. The SMILES string of the molecule is CC[C@@H]1CNCc2cnccc2O1.Cl. The van der Waals surface area contributed by atoms with Crippen LogP contribution in [0.4, 0.5) is 0 Å². The normalized spacial score (nSPS) is 19.9. The van der Waals surface area contributed by atoms with Crippen molar-refractivity contribution < 1.29 is 4.74 Å². The van der Waals surface area contributed by atoms with Crippen molar-refractivity contribution in [1.82, 2.24) is 10.3 Å². The maximum Gasteiger partial charge on any atom is 0.127 e. The molecule has 0 fully saturated rings. The zero-order valence-electron chi connectivity index (χ0n) is 8.19. The van der Waals surface area contributed by atoms with Crippen molar-refractivity contribution in [3.63, 3.8) is 0 Å². The van der Waals surface area contributed by atoms with Crippen LogP contribution in [-0.4, -0.2) is 17.6 Å². The topological polar surface area (TPSA) is 34.2 Å². The summed E-state index contributed by atoms with van der Waals surface area (Å²) in [7, 11) is 0. The van der Waals surface area contributed by atoms with E-state index >= 15 is 0 Å². The van der Waals surface area contributed by atoms with Gasteiger partial charge in [-0.15, -0.1) is 12.4 Å². The maximum absolute atomic E-state index is 5.80. The van der Waals surface area contributed by atoms with Gasteiger partial charge >= 0.3 is 0 Å². The van der Waals surface area contributed by atoms with Crippen molar-refractivity contribution in [1.29, 1.82) is 0 Å². The molecule has 2 heterocycles. The van der Waals surface area contributed by atoms with Crippen LogP contribution >= 0.6 is 12.4 Å². The van der Waals surface area contributed by atoms with E-state index in [2.05, 4.69) is 17.2 Å². The van der Waals surface area contributed by atoms with Gasteiger partial charge in [0.25, 0.3) is 0 Å². The minimum atomic E-state index is 0. The van der Waals surface area contributed by atoms with E-state index in [-0.39, 0.29) is 12.4 Å². The number of hydrogen-bond donors (Lipinski definition) is 1. The highest BCUT2D eigenvalue weighted by Gasteiger charge is 2.14. The lowest BCUT2D eigenvalue weighted by Crippen LogP contribution is -2.27. The summed E-state index contributed by atoms with van der Waals surface area (Å²) in [5.74, 6) is 0.979. The van der Waals surface area contributed by atoms with E-state index in [0.29, 0.717) is 6.10 Å². The first-order valence-electron chi connectivity index (χ1n) is 4.70. The highest BCUT2D eigenvalue weighted by Crippen LogP contribution is 2.20. The van der Waals surface area contributed by atoms with Crippen LogP contribution in [-0.2, 0) is 6.54 Å². The van der Waals surface area contributed by atoms with E-state index in [1.165, 1.54) is 0 Å². The highest BCUT2D eigenvalue weighted by atomic mass is 35.5. The van der Waals surface area contributed by atoms with Gasteiger partial charge in [0, 0.05) is 31.0 Å². The molecule has 1 aliphatic rings. The molecular weight excluding hydrogens is 200 g/mol. The van der Waals surface area contributed by atoms with E-state index in [9.17, 15) is 0 Å². The lowest BCUT2D eigenvalue weighted by Gasteiger charge is -2.14. The van der Waals surface area contributed by atoms with E-state index < -0.39 is 0 Å². The minimum absolute atomic E-state index is 0. The molecular formula is C10H15ClN2O. The van der Waals surface area contributed by atoms with Crippen LogP contribution in [0.3, 0.4) is 0 Å². The van der Waals surface area contributed by atoms with Crippen molar-refractivity contribution in [3.8, 4) is 5.75 Å². The van der Waals surface area contributed by atoms with Crippen LogP contribution in [0.5, 0.6) is 5.75 Å². The summed E-state index contributed by atoms with van der Waals surface area (Å²) in [5.41, 5.74) is 1.15. The van der Waals surface area contributed by atoms with Crippen LogP contribution in [0.2, 0.25) is 0 Å². The predicted molar refractivity (Wildman–Crippen MR) is 57.9 cm³/mol. The molecule has 1 aliphatic heterocycles. The second-order valence-electron chi connectivity index (χ2n) is 3.26. The zero-order valence-corrected chi connectivity index (χ0v) is 9.01. The molecule has 0 amide bonds. The number of ether oxygens (including phenoxy) is 1. The molecule has 0 saturated heterocycles. The molecule has 0 saturated carbocycles. The minimum Gasteiger partial charge on any atom is -0.489 e. The first kappa shape index (κ1) is 11.3. The van der Waals surface area contributed by atoms with Gasteiger partial charge in [-0.3, -0.25) is 4.98 Å². The molecule has 0 unspecified atom stereocenters. The van der Waals surface area contributed by atoms with Crippen molar-refractivity contribution in [2.45, 2.75) is 26.0 Å². The van der Waals surface area contributed by atoms with Gasteiger partial charge in [-0.05, 0) is 12.5 Å². The van der Waals surface area contributed by atoms with Crippen LogP contribution in [0.25, 0.3) is 0 Å². The number of pyridine rings is 1. The van der Waals surface area contributed by atoms with Crippen LogP contribution in [0, 0.1) is 0 Å². The van der Waals surface area contributed by atoms with Crippen LogP contribution in [0.1, 0.15) is 18.9 Å². The highest BCUT2D eigenvalue weighted by molar-refractivity contribution is 5.85. The Hall–Kier alpha value is -0.800. The second-order valence-corrected chi connectivity index (χ2v) is 3.26. The van der Waals surface area contributed by atoms with E-state index in [1.54, 1.807) is 6.20 Å². The Kier molecular flexibility index (Phi) is 4.17. The molecule has 78 valence electrons. The van der Waals surface area contributed by atoms with Gasteiger partial charge < -0.3 is 10.1 Å². The smallest absolute Gasteiger partial charge is 0.127 e. The molecule has 0 aliphatic carbocycles. The Balaban J connectivity index is 0.000000980. The Morgan fingerprint density at radius 1 is 1.64 bits per heavy atom. The molecule has 0 bridgehead atoms. The average Bonchev–Trinajstić information content (AvgIpc) is 2.38. The number of fused-ring (bicyclic) bond motifs is 1. The molecule has 2 rings (SSSR count). The van der Waals surface area contributed by atoms with Crippen LogP contribution < -0.4 is 10.1 Å². The summed E-state index contributed by atoms with van der Waals surface area (Å²) >= 11 is 0. The van der Waals surface area contributed by atoms with Crippen molar-refractivity contribution >= 4 is 12.4 Å². The lowest BCUT2D eigenvalue weighted by molar-refractivity contribution is 0.202. The van der Waals surface area contributed by atoms with Gasteiger partial charge in [0.2, 0.25) is 0 Å². The van der Waals surface area contributed by atoms with Gasteiger partial charge in [-0.25, -0.2) is 0 Å². The molecule has 0 radical (unpaired) electrons. The average molecular weight is 215 g/mol. The first-order chi connectivity index (χ1) is 6.40. The monoisotopic (exact) mass is 214 g/mol.